The zero-order chi connectivity index (χ0) is 13.6. The van der Waals surface area contributed by atoms with Crippen LogP contribution in [0.5, 0.6) is 0 Å². The van der Waals surface area contributed by atoms with E-state index in [2.05, 4.69) is 15.5 Å². The standard InChI is InChI=1S/C13H23N3O2/c1-10-11(9-15-16-10)6-5-7-14-12(17)8-13(2,3)18-4/h9H,5-8H2,1-4H3,(H,14,17)(H,15,16). The monoisotopic (exact) mass is 253 g/mol. The number of H-pyrrole nitrogens is 1. The number of rotatable bonds is 7. The Hall–Kier alpha value is -1.36. The van der Waals surface area contributed by atoms with E-state index >= 15 is 0 Å². The summed E-state index contributed by atoms with van der Waals surface area (Å²) in [4.78, 5) is 11.6. The van der Waals surface area contributed by atoms with Crippen LogP contribution in [0.4, 0.5) is 0 Å². The Balaban J connectivity index is 2.18. The molecule has 2 N–H and O–H groups in total. The third kappa shape index (κ3) is 4.87. The van der Waals surface area contributed by atoms with E-state index in [0.717, 1.165) is 18.5 Å². The second-order valence-electron chi connectivity index (χ2n) is 5.11. The highest BCUT2D eigenvalue weighted by atomic mass is 16.5. The molecule has 0 aromatic carbocycles. The molecule has 1 aromatic rings. The molecule has 0 fully saturated rings. The van der Waals surface area contributed by atoms with Crippen LogP contribution in [-0.2, 0) is 16.0 Å². The van der Waals surface area contributed by atoms with Crippen molar-refractivity contribution in [3.05, 3.63) is 17.5 Å². The molecule has 1 aromatic heterocycles. The van der Waals surface area contributed by atoms with Crippen molar-refractivity contribution in [2.75, 3.05) is 13.7 Å². The molecule has 1 heterocycles. The molecule has 0 bridgehead atoms. The van der Waals surface area contributed by atoms with Gasteiger partial charge in [-0.15, -0.1) is 0 Å². The highest BCUT2D eigenvalue weighted by Crippen LogP contribution is 2.12. The number of methoxy groups -OCH3 is 1. The molecular weight excluding hydrogens is 230 g/mol. The van der Waals surface area contributed by atoms with E-state index < -0.39 is 5.60 Å². The Kier molecular flexibility index (Phi) is 5.34. The number of aryl methyl sites for hydroxylation is 2. The van der Waals surface area contributed by atoms with Gasteiger partial charge in [0, 0.05) is 19.3 Å². The van der Waals surface area contributed by atoms with E-state index in [4.69, 9.17) is 4.74 Å². The number of carbonyl (C=O) groups is 1. The van der Waals surface area contributed by atoms with E-state index in [1.54, 1.807) is 7.11 Å². The summed E-state index contributed by atoms with van der Waals surface area (Å²) >= 11 is 0. The van der Waals surface area contributed by atoms with E-state index in [1.807, 2.05) is 27.0 Å². The van der Waals surface area contributed by atoms with Crippen LogP contribution in [0.25, 0.3) is 0 Å². The molecular formula is C13H23N3O2. The lowest BCUT2D eigenvalue weighted by Crippen LogP contribution is -2.34. The minimum absolute atomic E-state index is 0.0331. The van der Waals surface area contributed by atoms with E-state index in [9.17, 15) is 4.79 Å². The minimum atomic E-state index is -0.398. The van der Waals surface area contributed by atoms with E-state index in [-0.39, 0.29) is 5.91 Å². The number of amides is 1. The molecule has 0 atom stereocenters. The Labute approximate surface area is 108 Å². The SMILES string of the molecule is COC(C)(C)CC(=O)NCCCc1cn[nH]c1C. The molecule has 5 heteroatoms. The average Bonchev–Trinajstić information content (AvgIpc) is 2.70. The zero-order valence-electron chi connectivity index (χ0n) is 11.7. The summed E-state index contributed by atoms with van der Waals surface area (Å²) in [5.74, 6) is 0.0331. The predicted octanol–water partition coefficient (Wildman–Crippen LogP) is 1.58. The summed E-state index contributed by atoms with van der Waals surface area (Å²) in [7, 11) is 1.62. The Bertz CT molecular complexity index is 385. The van der Waals surface area contributed by atoms with Crippen LogP contribution in [0.1, 0.15) is 37.9 Å². The highest BCUT2D eigenvalue weighted by Gasteiger charge is 2.20. The van der Waals surface area contributed by atoms with Gasteiger partial charge in [-0.2, -0.15) is 5.10 Å². The summed E-state index contributed by atoms with van der Waals surface area (Å²) in [6.45, 7) is 6.49. The van der Waals surface area contributed by atoms with E-state index in [0.29, 0.717) is 13.0 Å². The molecule has 5 nitrogen and oxygen atoms in total. The fourth-order valence-corrected chi connectivity index (χ4v) is 1.66. The maximum Gasteiger partial charge on any atom is 0.222 e. The summed E-state index contributed by atoms with van der Waals surface area (Å²) in [6.07, 6.45) is 4.06. The average molecular weight is 253 g/mol. The fraction of sp³-hybridized carbons (Fsp3) is 0.692. The highest BCUT2D eigenvalue weighted by molar-refractivity contribution is 5.76. The minimum Gasteiger partial charge on any atom is -0.378 e. The summed E-state index contributed by atoms with van der Waals surface area (Å²) in [6, 6.07) is 0. The van der Waals surface area contributed by atoms with Crippen LogP contribution in [0.15, 0.2) is 6.20 Å². The largest absolute Gasteiger partial charge is 0.378 e. The predicted molar refractivity (Wildman–Crippen MR) is 70.4 cm³/mol. The molecule has 1 rings (SSSR count). The van der Waals surface area contributed by atoms with Gasteiger partial charge in [-0.3, -0.25) is 9.89 Å². The van der Waals surface area contributed by atoms with Crippen LogP contribution < -0.4 is 5.32 Å². The van der Waals surface area contributed by atoms with Crippen molar-refractivity contribution in [1.29, 1.82) is 0 Å². The van der Waals surface area contributed by atoms with Crippen LogP contribution >= 0.6 is 0 Å². The molecule has 18 heavy (non-hydrogen) atoms. The summed E-state index contributed by atoms with van der Waals surface area (Å²) in [5.41, 5.74) is 1.91. The second-order valence-corrected chi connectivity index (χ2v) is 5.11. The molecule has 1 amide bonds. The molecule has 0 radical (unpaired) electrons. The lowest BCUT2D eigenvalue weighted by Gasteiger charge is -2.21. The van der Waals surface area contributed by atoms with Crippen molar-refractivity contribution in [1.82, 2.24) is 15.5 Å². The van der Waals surface area contributed by atoms with Crippen molar-refractivity contribution in [3.63, 3.8) is 0 Å². The van der Waals surface area contributed by atoms with Crippen LogP contribution in [0, 0.1) is 6.92 Å². The van der Waals surface area contributed by atoms with Crippen molar-refractivity contribution >= 4 is 5.91 Å². The Morgan fingerprint density at radius 2 is 2.28 bits per heavy atom. The van der Waals surface area contributed by atoms with E-state index in [1.165, 1.54) is 5.56 Å². The summed E-state index contributed by atoms with van der Waals surface area (Å²) < 4.78 is 5.22. The maximum absolute atomic E-state index is 11.6. The maximum atomic E-state index is 11.6. The first kappa shape index (κ1) is 14.7. The number of carbonyl (C=O) groups excluding carboxylic acids is 1. The van der Waals surface area contributed by atoms with Crippen molar-refractivity contribution in [2.24, 2.45) is 0 Å². The van der Waals surface area contributed by atoms with Crippen LogP contribution in [-0.4, -0.2) is 35.4 Å². The van der Waals surface area contributed by atoms with Crippen molar-refractivity contribution < 1.29 is 9.53 Å². The van der Waals surface area contributed by atoms with Crippen LogP contribution in [0.3, 0.4) is 0 Å². The topological polar surface area (TPSA) is 67.0 Å². The van der Waals surface area contributed by atoms with Gasteiger partial charge in [-0.05, 0) is 39.2 Å². The third-order valence-electron chi connectivity index (χ3n) is 3.02. The van der Waals surface area contributed by atoms with Crippen molar-refractivity contribution in [2.45, 2.75) is 45.6 Å². The first-order valence-electron chi connectivity index (χ1n) is 6.25. The number of hydrogen-bond acceptors (Lipinski definition) is 3. The van der Waals surface area contributed by atoms with Gasteiger partial charge in [-0.25, -0.2) is 0 Å². The zero-order valence-corrected chi connectivity index (χ0v) is 11.7. The van der Waals surface area contributed by atoms with Gasteiger partial charge in [0.05, 0.1) is 18.2 Å². The second kappa shape index (κ2) is 6.54. The number of nitrogens with one attached hydrogen (secondary N) is 2. The Morgan fingerprint density at radius 3 is 2.83 bits per heavy atom. The lowest BCUT2D eigenvalue weighted by molar-refractivity contribution is -0.126. The van der Waals surface area contributed by atoms with Crippen LogP contribution in [0.2, 0.25) is 0 Å². The molecule has 0 saturated carbocycles. The number of nitrogens with zero attached hydrogens (tertiary/aromatic N) is 1. The fourth-order valence-electron chi connectivity index (χ4n) is 1.66. The first-order valence-corrected chi connectivity index (χ1v) is 6.25. The van der Waals surface area contributed by atoms with Gasteiger partial charge >= 0.3 is 0 Å². The molecule has 0 unspecified atom stereocenters. The number of ether oxygens (including phenoxy) is 1. The van der Waals surface area contributed by atoms with Gasteiger partial charge < -0.3 is 10.1 Å². The number of aromatic amines is 1. The lowest BCUT2D eigenvalue weighted by atomic mass is 10.0. The molecule has 0 spiro atoms. The first-order chi connectivity index (χ1) is 8.44. The molecule has 0 aliphatic carbocycles. The molecule has 0 saturated heterocycles. The third-order valence-corrected chi connectivity index (χ3v) is 3.02. The number of aromatic nitrogens is 2. The molecule has 0 aliphatic heterocycles. The normalized spacial score (nSPS) is 11.6. The number of hydrogen-bond donors (Lipinski definition) is 2. The van der Waals surface area contributed by atoms with Gasteiger partial charge in [-0.1, -0.05) is 0 Å². The molecule has 102 valence electrons. The van der Waals surface area contributed by atoms with Gasteiger partial charge in [0.15, 0.2) is 0 Å². The van der Waals surface area contributed by atoms with Gasteiger partial charge in [0.1, 0.15) is 0 Å². The molecule has 0 aliphatic rings. The van der Waals surface area contributed by atoms with Gasteiger partial charge in [0.25, 0.3) is 0 Å². The quantitative estimate of drug-likeness (QED) is 0.725. The Morgan fingerprint density at radius 1 is 1.56 bits per heavy atom. The van der Waals surface area contributed by atoms with Gasteiger partial charge in [0.2, 0.25) is 5.91 Å². The summed E-state index contributed by atoms with van der Waals surface area (Å²) in [5, 5.41) is 9.77. The van der Waals surface area contributed by atoms with Crippen molar-refractivity contribution in [3.8, 4) is 0 Å². The smallest absolute Gasteiger partial charge is 0.222 e.